The van der Waals surface area contributed by atoms with E-state index in [9.17, 15) is 9.59 Å². The fraction of sp³-hybridized carbons (Fsp3) is 0.524. The molecule has 0 radical (unpaired) electrons. The van der Waals surface area contributed by atoms with Gasteiger partial charge in [-0.25, -0.2) is 0 Å². The van der Waals surface area contributed by atoms with Gasteiger partial charge in [-0.3, -0.25) is 19.3 Å². The summed E-state index contributed by atoms with van der Waals surface area (Å²) in [7, 11) is 0. The Hall–Kier alpha value is -2.70. The van der Waals surface area contributed by atoms with Crippen LogP contribution in [0.5, 0.6) is 0 Å². The first kappa shape index (κ1) is 18.7. The minimum Gasteiger partial charge on any atom is -0.335 e. The van der Waals surface area contributed by atoms with Gasteiger partial charge in [-0.1, -0.05) is 13.8 Å². The Morgan fingerprint density at radius 3 is 2.32 bits per heavy atom. The summed E-state index contributed by atoms with van der Waals surface area (Å²) in [6, 6.07) is 3.54. The van der Waals surface area contributed by atoms with E-state index in [1.807, 2.05) is 9.58 Å². The van der Waals surface area contributed by atoms with E-state index in [0.717, 1.165) is 30.6 Å². The molecule has 7 heteroatoms. The number of hydrogen-bond donors (Lipinski definition) is 0. The molecule has 1 aliphatic carbocycles. The third kappa shape index (κ3) is 3.79. The van der Waals surface area contributed by atoms with Crippen molar-refractivity contribution in [2.24, 2.45) is 5.92 Å². The highest BCUT2D eigenvalue weighted by molar-refractivity contribution is 5.96. The predicted octanol–water partition coefficient (Wildman–Crippen LogP) is 2.41. The van der Waals surface area contributed by atoms with E-state index < -0.39 is 0 Å². The summed E-state index contributed by atoms with van der Waals surface area (Å²) in [6.07, 6.45) is 7.26. The molecule has 2 amide bonds. The number of piperazine rings is 1. The highest BCUT2D eigenvalue weighted by Gasteiger charge is 2.35. The molecule has 0 aromatic carbocycles. The Labute approximate surface area is 165 Å². The molecule has 28 heavy (non-hydrogen) atoms. The van der Waals surface area contributed by atoms with Gasteiger partial charge in [0.15, 0.2) is 0 Å². The number of nitrogens with zero attached hydrogens (tertiary/aromatic N) is 5. The third-order valence-corrected chi connectivity index (χ3v) is 5.38. The molecule has 0 unspecified atom stereocenters. The van der Waals surface area contributed by atoms with Gasteiger partial charge in [-0.05, 0) is 30.9 Å². The van der Waals surface area contributed by atoms with Gasteiger partial charge < -0.3 is 9.80 Å². The van der Waals surface area contributed by atoms with Gasteiger partial charge in [0.1, 0.15) is 0 Å². The van der Waals surface area contributed by atoms with Crippen molar-refractivity contribution < 1.29 is 9.59 Å². The molecule has 4 rings (SSSR count). The minimum absolute atomic E-state index is 0.0244. The second kappa shape index (κ2) is 7.73. The van der Waals surface area contributed by atoms with E-state index in [0.29, 0.717) is 43.6 Å². The van der Waals surface area contributed by atoms with Crippen molar-refractivity contribution in [1.29, 1.82) is 0 Å². The van der Waals surface area contributed by atoms with Crippen LogP contribution in [-0.2, 0) is 6.54 Å². The van der Waals surface area contributed by atoms with Crippen LogP contribution >= 0.6 is 0 Å². The fourth-order valence-corrected chi connectivity index (χ4v) is 3.79. The summed E-state index contributed by atoms with van der Waals surface area (Å²) < 4.78 is 2.03. The Morgan fingerprint density at radius 1 is 1.07 bits per heavy atom. The highest BCUT2D eigenvalue weighted by Crippen LogP contribution is 2.42. The van der Waals surface area contributed by atoms with Gasteiger partial charge in [0.25, 0.3) is 11.8 Å². The van der Waals surface area contributed by atoms with Gasteiger partial charge in [-0.2, -0.15) is 5.10 Å². The molecule has 1 aliphatic heterocycles. The average molecular weight is 381 g/mol. The summed E-state index contributed by atoms with van der Waals surface area (Å²) in [4.78, 5) is 33.4. The van der Waals surface area contributed by atoms with Crippen molar-refractivity contribution >= 4 is 11.8 Å². The molecule has 0 spiro atoms. The maximum absolute atomic E-state index is 13.2. The van der Waals surface area contributed by atoms with Crippen molar-refractivity contribution in [3.8, 4) is 0 Å². The SMILES string of the molecule is CC(C)Cn1ncc(C(=O)N2CCN(C(=O)c3cccnc3)CC2)c1C1CC1. The Kier molecular flexibility index (Phi) is 5.15. The molecule has 2 aromatic rings. The van der Waals surface area contributed by atoms with Crippen molar-refractivity contribution in [1.82, 2.24) is 24.6 Å². The number of rotatable bonds is 5. The van der Waals surface area contributed by atoms with Gasteiger partial charge in [0.2, 0.25) is 0 Å². The molecule has 148 valence electrons. The molecule has 1 saturated heterocycles. The maximum Gasteiger partial charge on any atom is 0.257 e. The van der Waals surface area contributed by atoms with Crippen molar-refractivity contribution in [2.75, 3.05) is 26.2 Å². The summed E-state index contributed by atoms with van der Waals surface area (Å²) in [5, 5.41) is 4.51. The molecule has 1 saturated carbocycles. The third-order valence-electron chi connectivity index (χ3n) is 5.38. The minimum atomic E-state index is -0.0244. The van der Waals surface area contributed by atoms with Crippen LogP contribution in [0.3, 0.4) is 0 Å². The number of carbonyl (C=O) groups excluding carboxylic acids is 2. The van der Waals surface area contributed by atoms with Crippen LogP contribution in [0.15, 0.2) is 30.7 Å². The lowest BCUT2D eigenvalue weighted by Crippen LogP contribution is -2.50. The monoisotopic (exact) mass is 381 g/mol. The lowest BCUT2D eigenvalue weighted by molar-refractivity contribution is 0.0534. The van der Waals surface area contributed by atoms with E-state index in [1.54, 1.807) is 35.6 Å². The molecular formula is C21H27N5O2. The van der Waals surface area contributed by atoms with E-state index in [4.69, 9.17) is 0 Å². The van der Waals surface area contributed by atoms with E-state index >= 15 is 0 Å². The first-order chi connectivity index (χ1) is 13.5. The number of hydrogen-bond acceptors (Lipinski definition) is 4. The number of amides is 2. The Balaban J connectivity index is 1.43. The summed E-state index contributed by atoms with van der Waals surface area (Å²) >= 11 is 0. The van der Waals surface area contributed by atoms with Crippen LogP contribution in [0.25, 0.3) is 0 Å². The van der Waals surface area contributed by atoms with E-state index in [-0.39, 0.29) is 11.8 Å². The van der Waals surface area contributed by atoms with Crippen LogP contribution in [0.4, 0.5) is 0 Å². The van der Waals surface area contributed by atoms with Crippen LogP contribution in [0.2, 0.25) is 0 Å². The molecule has 0 bridgehead atoms. The number of aromatic nitrogens is 3. The predicted molar refractivity (Wildman–Crippen MR) is 105 cm³/mol. The lowest BCUT2D eigenvalue weighted by atomic mass is 10.1. The normalized spacial score (nSPS) is 17.2. The maximum atomic E-state index is 13.2. The van der Waals surface area contributed by atoms with Gasteiger partial charge in [-0.15, -0.1) is 0 Å². The fourth-order valence-electron chi connectivity index (χ4n) is 3.79. The highest BCUT2D eigenvalue weighted by atomic mass is 16.2. The summed E-state index contributed by atoms with van der Waals surface area (Å²) in [5.41, 5.74) is 2.44. The second-order valence-electron chi connectivity index (χ2n) is 8.12. The van der Waals surface area contributed by atoms with Crippen LogP contribution < -0.4 is 0 Å². The molecule has 0 atom stereocenters. The Morgan fingerprint density at radius 2 is 1.75 bits per heavy atom. The standard InChI is InChI=1S/C21H27N5O2/c1-15(2)14-26-19(16-5-6-16)18(13-23-26)21(28)25-10-8-24(9-11-25)20(27)17-4-3-7-22-12-17/h3-4,7,12-13,15-16H,5-6,8-11,14H2,1-2H3. The Bertz CT molecular complexity index is 849. The molecule has 2 aliphatic rings. The van der Waals surface area contributed by atoms with Gasteiger partial charge in [0.05, 0.1) is 23.0 Å². The van der Waals surface area contributed by atoms with Gasteiger partial charge >= 0.3 is 0 Å². The molecule has 3 heterocycles. The van der Waals surface area contributed by atoms with Gasteiger partial charge in [0, 0.05) is 51.0 Å². The average Bonchev–Trinajstić information content (AvgIpc) is 3.47. The number of pyridine rings is 1. The van der Waals surface area contributed by atoms with Crippen molar-refractivity contribution in [2.45, 2.75) is 39.2 Å². The smallest absolute Gasteiger partial charge is 0.257 e. The largest absolute Gasteiger partial charge is 0.335 e. The summed E-state index contributed by atoms with van der Waals surface area (Å²) in [5.74, 6) is 0.977. The topological polar surface area (TPSA) is 71.3 Å². The van der Waals surface area contributed by atoms with Crippen LogP contribution in [-0.4, -0.2) is 62.6 Å². The molecule has 2 aromatic heterocycles. The second-order valence-corrected chi connectivity index (χ2v) is 8.12. The van der Waals surface area contributed by atoms with E-state index in [2.05, 4.69) is 23.9 Å². The summed E-state index contributed by atoms with van der Waals surface area (Å²) in [6.45, 7) is 7.34. The zero-order chi connectivity index (χ0) is 19.7. The molecule has 7 nitrogen and oxygen atoms in total. The molecule has 2 fully saturated rings. The van der Waals surface area contributed by atoms with Crippen molar-refractivity contribution in [3.05, 3.63) is 47.5 Å². The quantitative estimate of drug-likeness (QED) is 0.797. The van der Waals surface area contributed by atoms with Crippen molar-refractivity contribution in [3.63, 3.8) is 0 Å². The first-order valence-corrected chi connectivity index (χ1v) is 10.1. The number of carbonyl (C=O) groups is 2. The van der Waals surface area contributed by atoms with E-state index in [1.165, 1.54) is 0 Å². The molecular weight excluding hydrogens is 354 g/mol. The zero-order valence-electron chi connectivity index (χ0n) is 16.5. The van der Waals surface area contributed by atoms with Crippen LogP contribution in [0.1, 0.15) is 59.0 Å². The first-order valence-electron chi connectivity index (χ1n) is 10.1. The molecule has 0 N–H and O–H groups in total. The van der Waals surface area contributed by atoms with Crippen LogP contribution in [0, 0.1) is 5.92 Å². The lowest BCUT2D eigenvalue weighted by Gasteiger charge is -2.34. The zero-order valence-corrected chi connectivity index (χ0v) is 16.5.